The number of azide groups is 1. The predicted molar refractivity (Wildman–Crippen MR) is 65.1 cm³/mol. The van der Waals surface area contributed by atoms with Crippen LogP contribution in [-0.2, 0) is 24.0 Å². The van der Waals surface area contributed by atoms with Crippen molar-refractivity contribution in [2.75, 3.05) is 13.2 Å². The summed E-state index contributed by atoms with van der Waals surface area (Å²) in [6.07, 6.45) is -0.961. The Morgan fingerprint density at radius 3 is 2.62 bits per heavy atom. The fraction of sp³-hybridized carbons (Fsp3) is 0.600. The van der Waals surface area contributed by atoms with Crippen molar-refractivity contribution in [2.45, 2.75) is 25.8 Å². The molecule has 0 radical (unpaired) electrons. The number of rotatable bonds is 6. The van der Waals surface area contributed by atoms with Crippen molar-refractivity contribution in [3.63, 3.8) is 0 Å². The maximum absolute atomic E-state index is 11.6. The lowest BCUT2D eigenvalue weighted by Crippen LogP contribution is -2.44. The van der Waals surface area contributed by atoms with Crippen molar-refractivity contribution < 1.29 is 28.8 Å². The number of ether oxygens (including phenoxy) is 1. The van der Waals surface area contributed by atoms with Crippen molar-refractivity contribution in [1.29, 1.82) is 0 Å². The van der Waals surface area contributed by atoms with Gasteiger partial charge >= 0.3 is 12.1 Å². The molecule has 1 N–H and O–H groups in total. The van der Waals surface area contributed by atoms with Crippen molar-refractivity contribution in [3.8, 4) is 0 Å². The fourth-order valence-electron chi connectivity index (χ4n) is 1.33. The van der Waals surface area contributed by atoms with Gasteiger partial charge in [-0.25, -0.2) is 9.59 Å². The molecule has 11 heteroatoms. The second-order valence-corrected chi connectivity index (χ2v) is 3.95. The van der Waals surface area contributed by atoms with Crippen LogP contribution in [-0.4, -0.2) is 48.1 Å². The first-order valence-electron chi connectivity index (χ1n) is 5.97. The van der Waals surface area contributed by atoms with Gasteiger partial charge < -0.3 is 14.9 Å². The summed E-state index contributed by atoms with van der Waals surface area (Å²) in [7, 11) is 0. The zero-order valence-corrected chi connectivity index (χ0v) is 11.1. The molecule has 0 spiro atoms. The number of hydroxylamine groups is 2. The lowest BCUT2D eigenvalue weighted by atomic mass is 10.3. The second-order valence-electron chi connectivity index (χ2n) is 3.95. The van der Waals surface area contributed by atoms with E-state index in [1.54, 1.807) is 0 Å². The molecule has 1 aliphatic rings. The molecule has 0 aromatic rings. The Kier molecular flexibility index (Phi) is 5.96. The van der Waals surface area contributed by atoms with Crippen LogP contribution in [0.4, 0.5) is 4.79 Å². The standard InChI is InChI=1S/C10H13N5O6/c1-6(13-10(19)20-5-4-12-14-11)9(18)21-15-7(16)2-3-8(15)17/h6H,2-5H2,1H3,(H,13,19)/t6-/m1/s1. The van der Waals surface area contributed by atoms with E-state index in [4.69, 9.17) is 5.53 Å². The first kappa shape index (κ1) is 16.2. The summed E-state index contributed by atoms with van der Waals surface area (Å²) in [6, 6.07) is -1.13. The monoisotopic (exact) mass is 299 g/mol. The average Bonchev–Trinajstić information content (AvgIpc) is 2.75. The first-order valence-corrected chi connectivity index (χ1v) is 5.97. The number of imide groups is 1. The molecule has 21 heavy (non-hydrogen) atoms. The summed E-state index contributed by atoms with van der Waals surface area (Å²) in [4.78, 5) is 52.4. The smallest absolute Gasteiger partial charge is 0.407 e. The molecule has 3 amide bonds. The molecule has 1 saturated heterocycles. The Balaban J connectivity index is 2.36. The summed E-state index contributed by atoms with van der Waals surface area (Å²) in [5.41, 5.74) is 8.01. The van der Waals surface area contributed by atoms with Gasteiger partial charge in [-0.2, -0.15) is 0 Å². The van der Waals surface area contributed by atoms with Gasteiger partial charge in [0.2, 0.25) is 0 Å². The molecule has 0 aromatic heterocycles. The zero-order valence-electron chi connectivity index (χ0n) is 11.1. The molecule has 1 atom stereocenters. The lowest BCUT2D eigenvalue weighted by Gasteiger charge is -2.16. The number of carbonyl (C=O) groups is 4. The van der Waals surface area contributed by atoms with Gasteiger partial charge in [0.05, 0.1) is 13.2 Å². The minimum atomic E-state index is -1.13. The number of hydrogen-bond donors (Lipinski definition) is 1. The summed E-state index contributed by atoms with van der Waals surface area (Å²) >= 11 is 0. The minimum absolute atomic E-state index is 0.0185. The van der Waals surface area contributed by atoms with Crippen LogP contribution in [0.3, 0.4) is 0 Å². The van der Waals surface area contributed by atoms with Gasteiger partial charge in [0.25, 0.3) is 11.8 Å². The number of nitrogens with zero attached hydrogens (tertiary/aromatic N) is 4. The van der Waals surface area contributed by atoms with Crippen LogP contribution < -0.4 is 5.32 Å². The molecular formula is C10H13N5O6. The molecule has 1 rings (SSSR count). The molecule has 1 aliphatic heterocycles. The van der Waals surface area contributed by atoms with Gasteiger partial charge in [-0.1, -0.05) is 5.11 Å². The van der Waals surface area contributed by atoms with Gasteiger partial charge in [0, 0.05) is 17.8 Å². The Labute approximate surface area is 118 Å². The summed E-state index contributed by atoms with van der Waals surface area (Å²) < 4.78 is 4.61. The molecule has 0 bridgehead atoms. The van der Waals surface area contributed by atoms with Crippen molar-refractivity contribution >= 4 is 23.9 Å². The Hall–Kier alpha value is -2.81. The van der Waals surface area contributed by atoms with Crippen molar-refractivity contribution in [3.05, 3.63) is 10.4 Å². The summed E-state index contributed by atoms with van der Waals surface area (Å²) in [6.45, 7) is 1.10. The van der Waals surface area contributed by atoms with Gasteiger partial charge in [0.1, 0.15) is 6.04 Å². The van der Waals surface area contributed by atoms with E-state index < -0.39 is 29.9 Å². The molecule has 11 nitrogen and oxygen atoms in total. The molecule has 114 valence electrons. The van der Waals surface area contributed by atoms with Crippen molar-refractivity contribution in [1.82, 2.24) is 10.4 Å². The van der Waals surface area contributed by atoms with Gasteiger partial charge in [-0.15, -0.1) is 5.06 Å². The molecule has 1 heterocycles. The van der Waals surface area contributed by atoms with Crippen LogP contribution in [0, 0.1) is 0 Å². The maximum atomic E-state index is 11.6. The van der Waals surface area contributed by atoms with E-state index in [0.29, 0.717) is 5.06 Å². The molecule has 0 aliphatic carbocycles. The maximum Gasteiger partial charge on any atom is 0.407 e. The van der Waals surface area contributed by atoms with Crippen LogP contribution in [0.25, 0.3) is 10.4 Å². The largest absolute Gasteiger partial charge is 0.449 e. The minimum Gasteiger partial charge on any atom is -0.449 e. The number of amides is 3. The number of nitrogens with one attached hydrogen (secondary N) is 1. The van der Waals surface area contributed by atoms with E-state index in [1.807, 2.05) is 0 Å². The quantitative estimate of drug-likeness (QED) is 0.240. The van der Waals surface area contributed by atoms with E-state index in [-0.39, 0.29) is 26.0 Å². The third kappa shape index (κ3) is 4.99. The predicted octanol–water partition coefficient (Wildman–Crippen LogP) is 0.0186. The molecule has 0 saturated carbocycles. The van der Waals surface area contributed by atoms with Crippen molar-refractivity contribution in [2.24, 2.45) is 5.11 Å². The van der Waals surface area contributed by atoms with E-state index in [1.165, 1.54) is 6.92 Å². The highest BCUT2D eigenvalue weighted by Gasteiger charge is 2.34. The highest BCUT2D eigenvalue weighted by molar-refractivity contribution is 6.01. The Bertz CT molecular complexity index is 484. The van der Waals surface area contributed by atoms with Gasteiger partial charge in [-0.05, 0) is 12.5 Å². The van der Waals surface area contributed by atoms with Crippen LogP contribution in [0.1, 0.15) is 19.8 Å². The highest BCUT2D eigenvalue weighted by Crippen LogP contribution is 2.12. The normalized spacial score (nSPS) is 15.2. The van der Waals surface area contributed by atoms with Crippen LogP contribution in [0.5, 0.6) is 0 Å². The third-order valence-electron chi connectivity index (χ3n) is 2.36. The Morgan fingerprint density at radius 1 is 1.43 bits per heavy atom. The molecule has 0 unspecified atom stereocenters. The molecular weight excluding hydrogens is 286 g/mol. The van der Waals surface area contributed by atoms with E-state index in [2.05, 4.69) is 24.9 Å². The average molecular weight is 299 g/mol. The van der Waals surface area contributed by atoms with Crippen LogP contribution in [0.15, 0.2) is 5.11 Å². The number of hydrogen-bond acceptors (Lipinski definition) is 7. The van der Waals surface area contributed by atoms with E-state index in [9.17, 15) is 19.2 Å². The van der Waals surface area contributed by atoms with Crippen LogP contribution >= 0.6 is 0 Å². The number of carbonyl (C=O) groups excluding carboxylic acids is 4. The molecule has 0 aromatic carbocycles. The summed E-state index contributed by atoms with van der Waals surface area (Å²) in [5, 5.41) is 5.67. The van der Waals surface area contributed by atoms with E-state index >= 15 is 0 Å². The van der Waals surface area contributed by atoms with Crippen LogP contribution in [0.2, 0.25) is 0 Å². The Morgan fingerprint density at radius 2 is 2.05 bits per heavy atom. The first-order chi connectivity index (χ1) is 9.95. The third-order valence-corrected chi connectivity index (χ3v) is 2.36. The molecule has 1 fully saturated rings. The van der Waals surface area contributed by atoms with Gasteiger partial charge in [-0.3, -0.25) is 9.59 Å². The highest BCUT2D eigenvalue weighted by atomic mass is 16.7. The topological polar surface area (TPSA) is 151 Å². The zero-order chi connectivity index (χ0) is 15.8. The van der Waals surface area contributed by atoms with Gasteiger partial charge in [0.15, 0.2) is 0 Å². The lowest BCUT2D eigenvalue weighted by molar-refractivity contribution is -0.198. The summed E-state index contributed by atoms with van der Waals surface area (Å²) in [5.74, 6) is -2.21. The SMILES string of the molecule is C[C@@H](NC(=O)OCCN=[N+]=[N-])C(=O)ON1C(=O)CCC1=O. The fourth-order valence-corrected chi connectivity index (χ4v) is 1.33. The number of alkyl carbamates (subject to hydrolysis) is 1. The second kappa shape index (κ2) is 7.70. The van der Waals surface area contributed by atoms with E-state index in [0.717, 1.165) is 0 Å².